The van der Waals surface area contributed by atoms with Gasteiger partial charge in [-0.15, -0.1) is 0 Å². The summed E-state index contributed by atoms with van der Waals surface area (Å²) in [5.41, 5.74) is 0.964. The Kier molecular flexibility index (Phi) is 12.8. The number of carbonyl (C=O) groups excluding carboxylic acids is 2. The molecule has 1 rings (SSSR count). The molecule has 5 nitrogen and oxygen atoms in total. The standard InChI is InChI=1S/C22H35NO4/c1-3-4-5-8-13-19(2)27-21(24)16-11-7-12-17-23-22(25)26-18-20-14-9-6-10-15-20/h6,9-10,14-15,19H,3-5,7-8,11-13,16-18H2,1-2H3,(H,23,25). The highest BCUT2D eigenvalue weighted by molar-refractivity contribution is 5.69. The maximum absolute atomic E-state index is 11.8. The first-order valence-corrected chi connectivity index (χ1v) is 10.3. The molecule has 0 heterocycles. The topological polar surface area (TPSA) is 64.6 Å². The molecule has 0 bridgehead atoms. The fourth-order valence-electron chi connectivity index (χ4n) is 2.74. The fraction of sp³-hybridized carbons (Fsp3) is 0.636. The van der Waals surface area contributed by atoms with Crippen molar-refractivity contribution in [2.24, 2.45) is 0 Å². The normalized spacial score (nSPS) is 11.6. The van der Waals surface area contributed by atoms with Crippen LogP contribution in [0.5, 0.6) is 0 Å². The number of nitrogens with one attached hydrogen (secondary N) is 1. The molecule has 0 spiro atoms. The molecule has 1 unspecified atom stereocenters. The van der Waals surface area contributed by atoms with Crippen molar-refractivity contribution in [2.45, 2.75) is 84.3 Å². The van der Waals surface area contributed by atoms with Crippen LogP contribution in [-0.2, 0) is 20.9 Å². The van der Waals surface area contributed by atoms with E-state index in [0.717, 1.165) is 37.7 Å². The summed E-state index contributed by atoms with van der Waals surface area (Å²) in [6.45, 7) is 4.98. The van der Waals surface area contributed by atoms with Crippen molar-refractivity contribution in [1.29, 1.82) is 0 Å². The fourth-order valence-corrected chi connectivity index (χ4v) is 2.74. The number of amides is 1. The number of rotatable bonds is 14. The van der Waals surface area contributed by atoms with Gasteiger partial charge in [0.05, 0.1) is 6.10 Å². The molecule has 27 heavy (non-hydrogen) atoms. The maximum Gasteiger partial charge on any atom is 0.407 e. The summed E-state index contributed by atoms with van der Waals surface area (Å²) in [6.07, 6.45) is 8.25. The van der Waals surface area contributed by atoms with Gasteiger partial charge in [0.1, 0.15) is 6.61 Å². The Hall–Kier alpha value is -2.04. The van der Waals surface area contributed by atoms with Crippen LogP contribution in [0.3, 0.4) is 0 Å². The second kappa shape index (κ2) is 15.1. The zero-order chi connectivity index (χ0) is 19.7. The SMILES string of the molecule is CCCCCCC(C)OC(=O)CCCCCNC(=O)OCc1ccccc1. The van der Waals surface area contributed by atoms with Crippen LogP contribution in [0.25, 0.3) is 0 Å². The zero-order valence-electron chi connectivity index (χ0n) is 16.9. The van der Waals surface area contributed by atoms with Crippen LogP contribution in [0.15, 0.2) is 30.3 Å². The van der Waals surface area contributed by atoms with E-state index >= 15 is 0 Å². The van der Waals surface area contributed by atoms with Crippen molar-refractivity contribution in [1.82, 2.24) is 5.32 Å². The Labute approximate surface area is 163 Å². The summed E-state index contributed by atoms with van der Waals surface area (Å²) in [5, 5.41) is 2.73. The third kappa shape index (κ3) is 12.9. The van der Waals surface area contributed by atoms with Gasteiger partial charge < -0.3 is 14.8 Å². The molecule has 0 radical (unpaired) electrons. The van der Waals surface area contributed by atoms with Gasteiger partial charge in [-0.25, -0.2) is 4.79 Å². The lowest BCUT2D eigenvalue weighted by Gasteiger charge is -2.13. The Morgan fingerprint density at radius 1 is 1.00 bits per heavy atom. The minimum Gasteiger partial charge on any atom is -0.463 e. The Bertz CT molecular complexity index is 518. The molecule has 0 aliphatic heterocycles. The number of ether oxygens (including phenoxy) is 2. The molecule has 0 aromatic heterocycles. The minimum atomic E-state index is -0.407. The Morgan fingerprint density at radius 2 is 1.74 bits per heavy atom. The molecule has 5 heteroatoms. The van der Waals surface area contributed by atoms with Gasteiger partial charge in [-0.3, -0.25) is 4.79 Å². The number of hydrogen-bond acceptors (Lipinski definition) is 4. The van der Waals surface area contributed by atoms with E-state index < -0.39 is 6.09 Å². The smallest absolute Gasteiger partial charge is 0.407 e. The average Bonchev–Trinajstić information content (AvgIpc) is 2.67. The van der Waals surface area contributed by atoms with Crippen molar-refractivity contribution in [3.63, 3.8) is 0 Å². The van der Waals surface area contributed by atoms with Gasteiger partial charge >= 0.3 is 12.1 Å². The lowest BCUT2D eigenvalue weighted by molar-refractivity contribution is -0.148. The second-order valence-corrected chi connectivity index (χ2v) is 6.95. The molecular weight excluding hydrogens is 342 g/mol. The molecule has 0 aliphatic carbocycles. The third-order valence-electron chi connectivity index (χ3n) is 4.34. The highest BCUT2D eigenvalue weighted by Gasteiger charge is 2.09. The predicted octanol–water partition coefficient (Wildman–Crippen LogP) is 5.38. The molecule has 0 aliphatic rings. The van der Waals surface area contributed by atoms with Crippen LogP contribution >= 0.6 is 0 Å². The molecule has 0 fully saturated rings. The molecule has 1 N–H and O–H groups in total. The first-order valence-electron chi connectivity index (χ1n) is 10.3. The lowest BCUT2D eigenvalue weighted by atomic mass is 10.1. The first kappa shape index (κ1) is 23.0. The third-order valence-corrected chi connectivity index (χ3v) is 4.34. The van der Waals surface area contributed by atoms with Crippen LogP contribution in [0, 0.1) is 0 Å². The molecule has 0 saturated heterocycles. The van der Waals surface area contributed by atoms with E-state index in [2.05, 4.69) is 12.2 Å². The largest absolute Gasteiger partial charge is 0.463 e. The first-order chi connectivity index (χ1) is 13.1. The van der Waals surface area contributed by atoms with Crippen molar-refractivity contribution in [3.05, 3.63) is 35.9 Å². The minimum absolute atomic E-state index is 0.00964. The summed E-state index contributed by atoms with van der Waals surface area (Å²) < 4.78 is 10.6. The molecular formula is C22H35NO4. The molecule has 0 saturated carbocycles. The van der Waals surface area contributed by atoms with Gasteiger partial charge in [-0.05, 0) is 38.2 Å². The summed E-state index contributed by atoms with van der Waals surface area (Å²) in [5.74, 6) is -0.117. The van der Waals surface area contributed by atoms with E-state index in [4.69, 9.17) is 9.47 Å². The summed E-state index contributed by atoms with van der Waals surface area (Å²) in [4.78, 5) is 23.4. The number of esters is 1. The highest BCUT2D eigenvalue weighted by atomic mass is 16.5. The summed E-state index contributed by atoms with van der Waals surface area (Å²) in [7, 11) is 0. The number of unbranched alkanes of at least 4 members (excludes halogenated alkanes) is 5. The Balaban J connectivity index is 1.95. The average molecular weight is 378 g/mol. The lowest BCUT2D eigenvalue weighted by Crippen LogP contribution is -2.25. The monoisotopic (exact) mass is 377 g/mol. The number of hydrogen-bond donors (Lipinski definition) is 1. The van der Waals surface area contributed by atoms with Gasteiger partial charge in [0.15, 0.2) is 0 Å². The molecule has 152 valence electrons. The number of alkyl carbamates (subject to hydrolysis) is 1. The highest BCUT2D eigenvalue weighted by Crippen LogP contribution is 2.10. The van der Waals surface area contributed by atoms with E-state index in [9.17, 15) is 9.59 Å². The van der Waals surface area contributed by atoms with Crippen LogP contribution in [0.1, 0.15) is 77.2 Å². The van der Waals surface area contributed by atoms with Crippen LogP contribution in [0.4, 0.5) is 4.79 Å². The second-order valence-electron chi connectivity index (χ2n) is 6.95. The van der Waals surface area contributed by atoms with Crippen LogP contribution in [0.2, 0.25) is 0 Å². The molecule has 1 aromatic carbocycles. The van der Waals surface area contributed by atoms with Crippen molar-refractivity contribution < 1.29 is 19.1 Å². The van der Waals surface area contributed by atoms with E-state index in [1.54, 1.807) is 0 Å². The molecule has 1 amide bonds. The quantitative estimate of drug-likeness (QED) is 0.349. The van der Waals surface area contributed by atoms with Gasteiger partial charge in [0.2, 0.25) is 0 Å². The van der Waals surface area contributed by atoms with E-state index in [0.29, 0.717) is 13.0 Å². The van der Waals surface area contributed by atoms with Crippen molar-refractivity contribution >= 4 is 12.1 Å². The summed E-state index contributed by atoms with van der Waals surface area (Å²) in [6, 6.07) is 9.58. The summed E-state index contributed by atoms with van der Waals surface area (Å²) >= 11 is 0. The molecule has 1 atom stereocenters. The predicted molar refractivity (Wildman–Crippen MR) is 107 cm³/mol. The van der Waals surface area contributed by atoms with E-state index in [-0.39, 0.29) is 18.7 Å². The van der Waals surface area contributed by atoms with Gasteiger partial charge in [0.25, 0.3) is 0 Å². The Morgan fingerprint density at radius 3 is 2.48 bits per heavy atom. The van der Waals surface area contributed by atoms with Gasteiger partial charge in [-0.1, -0.05) is 62.9 Å². The van der Waals surface area contributed by atoms with E-state index in [1.807, 2.05) is 37.3 Å². The van der Waals surface area contributed by atoms with Crippen LogP contribution < -0.4 is 5.32 Å². The van der Waals surface area contributed by atoms with Gasteiger partial charge in [0, 0.05) is 13.0 Å². The molecule has 1 aromatic rings. The number of benzene rings is 1. The van der Waals surface area contributed by atoms with E-state index in [1.165, 1.54) is 19.3 Å². The van der Waals surface area contributed by atoms with Crippen molar-refractivity contribution in [2.75, 3.05) is 6.54 Å². The number of carbonyl (C=O) groups is 2. The van der Waals surface area contributed by atoms with Crippen LogP contribution in [-0.4, -0.2) is 24.7 Å². The van der Waals surface area contributed by atoms with Gasteiger partial charge in [-0.2, -0.15) is 0 Å². The zero-order valence-corrected chi connectivity index (χ0v) is 16.9. The maximum atomic E-state index is 11.8. The van der Waals surface area contributed by atoms with Crippen molar-refractivity contribution in [3.8, 4) is 0 Å².